The first-order valence-electron chi connectivity index (χ1n) is 5.72. The first-order valence-corrected chi connectivity index (χ1v) is 6.88. The van der Waals surface area contributed by atoms with Crippen LogP contribution in [0.4, 0.5) is 17.6 Å². The molecule has 0 unspecified atom stereocenters. The molecule has 1 aromatic rings. The number of ketones is 1. The van der Waals surface area contributed by atoms with E-state index in [0.29, 0.717) is 0 Å². The van der Waals surface area contributed by atoms with Crippen LogP contribution in [0.1, 0.15) is 17.4 Å². The second kappa shape index (κ2) is 7.47. The Morgan fingerprint density at radius 3 is 2.65 bits per heavy atom. The lowest BCUT2D eigenvalue weighted by Crippen LogP contribution is -2.33. The second-order valence-corrected chi connectivity index (χ2v) is 5.06. The number of hydrogen-bond acceptors (Lipinski definition) is 4. The van der Waals surface area contributed by atoms with Gasteiger partial charge in [0.05, 0.1) is 11.9 Å². The molecule has 3 nitrogen and oxygen atoms in total. The van der Waals surface area contributed by atoms with Crippen LogP contribution in [0.5, 0.6) is 5.75 Å². The molecule has 1 aromatic heterocycles. The van der Waals surface area contributed by atoms with Crippen molar-refractivity contribution in [2.75, 3.05) is 18.1 Å². The minimum atomic E-state index is -4.22. The lowest BCUT2D eigenvalue weighted by atomic mass is 10.3. The van der Waals surface area contributed by atoms with Gasteiger partial charge in [0.15, 0.2) is 12.4 Å². The lowest BCUT2D eigenvalue weighted by Gasteiger charge is -2.15. The first kappa shape index (κ1) is 16.7. The number of Topliss-reactive ketones (excluding diaryl/α,β-unsaturated/α-hetero) is 1. The third-order valence-corrected chi connectivity index (χ3v) is 3.08. The molecule has 0 amide bonds. The molecule has 1 rings (SSSR count). The van der Waals surface area contributed by atoms with Gasteiger partial charge >= 0.3 is 12.3 Å². The van der Waals surface area contributed by atoms with Crippen molar-refractivity contribution in [1.82, 2.24) is 4.98 Å². The summed E-state index contributed by atoms with van der Waals surface area (Å²) in [6, 6.07) is 2.56. The van der Waals surface area contributed by atoms with Crippen LogP contribution in [-0.4, -0.2) is 41.2 Å². The fourth-order valence-electron chi connectivity index (χ4n) is 1.14. The second-order valence-electron chi connectivity index (χ2n) is 3.79. The predicted octanol–water partition coefficient (Wildman–Crippen LogP) is 3.30. The number of rotatable bonds is 8. The van der Waals surface area contributed by atoms with Gasteiger partial charge in [0.25, 0.3) is 0 Å². The summed E-state index contributed by atoms with van der Waals surface area (Å²) >= 11 is 1.43. The van der Waals surface area contributed by atoms with Gasteiger partial charge in [-0.2, -0.15) is 20.5 Å². The summed E-state index contributed by atoms with van der Waals surface area (Å²) in [5, 5.41) is 0. The van der Waals surface area contributed by atoms with E-state index in [1.54, 1.807) is 0 Å². The van der Waals surface area contributed by atoms with Crippen LogP contribution in [0.15, 0.2) is 18.3 Å². The number of ether oxygens (including phenoxy) is 1. The summed E-state index contributed by atoms with van der Waals surface area (Å²) in [6.45, 7) is 0.469. The average molecular weight is 311 g/mol. The van der Waals surface area contributed by atoms with Gasteiger partial charge in [-0.15, -0.1) is 0 Å². The van der Waals surface area contributed by atoms with Gasteiger partial charge in [-0.25, -0.2) is 13.8 Å². The van der Waals surface area contributed by atoms with Crippen LogP contribution in [0.25, 0.3) is 0 Å². The highest BCUT2D eigenvalue weighted by Gasteiger charge is 2.41. The maximum absolute atomic E-state index is 12.6. The minimum absolute atomic E-state index is 0.0926. The van der Waals surface area contributed by atoms with Gasteiger partial charge in [0.1, 0.15) is 11.4 Å². The largest absolute Gasteiger partial charge is 0.485 e. The van der Waals surface area contributed by atoms with Crippen molar-refractivity contribution in [3.05, 3.63) is 24.0 Å². The molecule has 0 saturated carbocycles. The molecule has 20 heavy (non-hydrogen) atoms. The molecule has 0 aromatic carbocycles. The van der Waals surface area contributed by atoms with Crippen LogP contribution in [-0.2, 0) is 0 Å². The fourth-order valence-corrected chi connectivity index (χ4v) is 1.68. The van der Waals surface area contributed by atoms with Crippen molar-refractivity contribution in [2.24, 2.45) is 0 Å². The summed E-state index contributed by atoms with van der Waals surface area (Å²) in [4.78, 5) is 15.3. The average Bonchev–Trinajstić information content (AvgIpc) is 2.43. The number of halogens is 4. The highest BCUT2D eigenvalue weighted by atomic mass is 32.2. The van der Waals surface area contributed by atoms with Crippen LogP contribution in [0.3, 0.4) is 0 Å². The Kier molecular flexibility index (Phi) is 6.25. The number of alkyl halides is 4. The van der Waals surface area contributed by atoms with Crippen LogP contribution >= 0.6 is 11.8 Å². The van der Waals surface area contributed by atoms with E-state index >= 15 is 0 Å². The van der Waals surface area contributed by atoms with Crippen molar-refractivity contribution < 1.29 is 27.1 Å². The van der Waals surface area contributed by atoms with Gasteiger partial charge in [-0.05, 0) is 17.9 Å². The Bertz CT molecular complexity index is 440. The molecule has 0 aliphatic rings. The van der Waals surface area contributed by atoms with E-state index in [9.17, 15) is 22.4 Å². The molecule has 0 aliphatic carbocycles. The zero-order valence-electron chi connectivity index (χ0n) is 10.6. The van der Waals surface area contributed by atoms with E-state index in [4.69, 9.17) is 0 Å². The van der Waals surface area contributed by atoms with Crippen LogP contribution in [0.2, 0.25) is 0 Å². The minimum Gasteiger partial charge on any atom is -0.485 e. The fraction of sp³-hybridized carbons (Fsp3) is 0.500. The van der Waals surface area contributed by atoms with Gasteiger partial charge in [-0.3, -0.25) is 4.79 Å². The molecule has 0 spiro atoms. The molecule has 0 N–H and O–H groups in total. The molecular formula is C12H13F4NO2S. The Hall–Kier alpha value is -1.31. The maximum atomic E-state index is 12.6. The summed E-state index contributed by atoms with van der Waals surface area (Å²) in [5.41, 5.74) is 0.180. The molecule has 0 fully saturated rings. The monoisotopic (exact) mass is 311 g/mol. The number of carbonyl (C=O) groups is 1. The summed E-state index contributed by atoms with van der Waals surface area (Å²) in [5.74, 6) is -3.44. The van der Waals surface area contributed by atoms with E-state index in [0.717, 1.165) is 11.9 Å². The molecule has 8 heteroatoms. The van der Waals surface area contributed by atoms with Crippen molar-refractivity contribution in [1.29, 1.82) is 0 Å². The zero-order valence-corrected chi connectivity index (χ0v) is 11.4. The maximum Gasteiger partial charge on any atom is 0.340 e. The van der Waals surface area contributed by atoms with Crippen LogP contribution < -0.4 is 4.74 Å². The van der Waals surface area contributed by atoms with Crippen molar-refractivity contribution in [3.63, 3.8) is 0 Å². The Balaban J connectivity index is 2.57. The number of pyridine rings is 1. The summed E-state index contributed by atoms with van der Waals surface area (Å²) < 4.78 is 53.6. The van der Waals surface area contributed by atoms with Crippen molar-refractivity contribution >= 4 is 17.5 Å². The zero-order chi connectivity index (χ0) is 15.2. The SMILES string of the molecule is CCSCC(=O)c1ccc(OCC(F)(F)C(F)F)cn1. The third kappa shape index (κ3) is 4.99. The Labute approximate surface area is 117 Å². The standard InChI is InChI=1S/C12H13F4NO2S/c1-2-20-6-10(18)9-4-3-8(5-17-9)19-7-12(15,16)11(13)14/h3-5,11H,2,6-7H2,1H3. The third-order valence-electron chi connectivity index (χ3n) is 2.21. The van der Waals surface area contributed by atoms with Gasteiger partial charge in [0, 0.05) is 0 Å². The van der Waals surface area contributed by atoms with E-state index in [2.05, 4.69) is 9.72 Å². The molecule has 1 heterocycles. The number of thioether (sulfide) groups is 1. The normalized spacial score (nSPS) is 11.7. The molecule has 0 bridgehead atoms. The van der Waals surface area contributed by atoms with E-state index < -0.39 is 19.0 Å². The van der Waals surface area contributed by atoms with E-state index in [1.165, 1.54) is 23.9 Å². The number of hydrogen-bond donors (Lipinski definition) is 0. The Morgan fingerprint density at radius 1 is 1.45 bits per heavy atom. The van der Waals surface area contributed by atoms with Gasteiger partial charge in [0.2, 0.25) is 0 Å². The van der Waals surface area contributed by atoms with Crippen LogP contribution in [0, 0.1) is 0 Å². The number of carbonyl (C=O) groups excluding carboxylic acids is 1. The van der Waals surface area contributed by atoms with Crippen molar-refractivity contribution in [2.45, 2.75) is 19.3 Å². The van der Waals surface area contributed by atoms with Gasteiger partial charge in [-0.1, -0.05) is 6.92 Å². The smallest absolute Gasteiger partial charge is 0.340 e. The topological polar surface area (TPSA) is 39.2 Å². The van der Waals surface area contributed by atoms with E-state index in [1.807, 2.05) is 6.92 Å². The molecule has 0 saturated heterocycles. The summed E-state index contributed by atoms with van der Waals surface area (Å²) in [7, 11) is 0. The molecular weight excluding hydrogens is 298 g/mol. The molecule has 112 valence electrons. The Morgan fingerprint density at radius 2 is 2.15 bits per heavy atom. The highest BCUT2D eigenvalue weighted by Crippen LogP contribution is 2.24. The highest BCUT2D eigenvalue weighted by molar-refractivity contribution is 7.99. The van der Waals surface area contributed by atoms with Crippen molar-refractivity contribution in [3.8, 4) is 5.75 Å². The molecule has 0 atom stereocenters. The van der Waals surface area contributed by atoms with Gasteiger partial charge < -0.3 is 4.74 Å². The summed E-state index contributed by atoms with van der Waals surface area (Å²) in [6.07, 6.45) is -2.73. The first-order chi connectivity index (χ1) is 9.36. The predicted molar refractivity (Wildman–Crippen MR) is 68.0 cm³/mol. The molecule has 0 aliphatic heterocycles. The number of aromatic nitrogens is 1. The van der Waals surface area contributed by atoms with E-state index in [-0.39, 0.29) is 23.0 Å². The number of nitrogens with zero attached hydrogens (tertiary/aromatic N) is 1. The molecule has 0 radical (unpaired) electrons. The lowest BCUT2D eigenvalue weighted by molar-refractivity contribution is -0.148. The quantitative estimate of drug-likeness (QED) is 0.545.